The molecule has 1 aliphatic heterocycles. The Morgan fingerprint density at radius 1 is 1.06 bits per heavy atom. The number of nitrogen functional groups attached to an aromatic ring is 1. The van der Waals surface area contributed by atoms with E-state index in [9.17, 15) is 21.6 Å². The van der Waals surface area contributed by atoms with Crippen LogP contribution in [0.2, 0.25) is 0 Å². The number of likely N-dealkylation sites (tertiary alicyclic amines) is 1. The molecule has 1 fully saturated rings. The number of nitrogens with zero attached hydrogens (tertiary/aromatic N) is 3. The summed E-state index contributed by atoms with van der Waals surface area (Å²) in [6.07, 6.45) is -0.300. The van der Waals surface area contributed by atoms with Crippen LogP contribution in [0.25, 0.3) is 11.3 Å². The van der Waals surface area contributed by atoms with Crippen molar-refractivity contribution in [2.75, 3.05) is 35.8 Å². The Labute approximate surface area is 201 Å². The highest BCUT2D eigenvalue weighted by atomic mass is 32.2. The van der Waals surface area contributed by atoms with Crippen molar-refractivity contribution < 1.29 is 21.6 Å². The molecule has 0 aliphatic carbocycles. The minimum atomic E-state index is -4.60. The summed E-state index contributed by atoms with van der Waals surface area (Å²) in [5, 5.41) is 7.54. The van der Waals surface area contributed by atoms with E-state index < -0.39 is 21.8 Å². The molecule has 0 amide bonds. The van der Waals surface area contributed by atoms with Crippen molar-refractivity contribution >= 4 is 21.5 Å². The van der Waals surface area contributed by atoms with Gasteiger partial charge < -0.3 is 10.6 Å². The molecule has 2 aromatic rings. The Bertz CT molecular complexity index is 1010. The number of rotatable bonds is 5. The van der Waals surface area contributed by atoms with Crippen LogP contribution in [-0.4, -0.2) is 48.9 Å². The number of hydrogen-bond donors (Lipinski definition) is 2. The van der Waals surface area contributed by atoms with Crippen LogP contribution >= 0.6 is 0 Å². The van der Waals surface area contributed by atoms with Crippen LogP contribution in [-0.2, 0) is 16.2 Å². The number of aromatic nitrogens is 2. The van der Waals surface area contributed by atoms with Crippen molar-refractivity contribution in [3.8, 4) is 11.3 Å². The molecule has 0 bridgehead atoms. The van der Waals surface area contributed by atoms with E-state index >= 15 is 0 Å². The van der Waals surface area contributed by atoms with Crippen molar-refractivity contribution in [3.05, 3.63) is 35.4 Å². The maximum atomic E-state index is 12.9. The first-order chi connectivity index (χ1) is 16.0. The van der Waals surface area contributed by atoms with Crippen molar-refractivity contribution in [1.29, 1.82) is 0 Å². The lowest BCUT2D eigenvalue weighted by molar-refractivity contribution is -0.137. The quantitative estimate of drug-likeness (QED) is 0.572. The zero-order valence-electron chi connectivity index (χ0n) is 20.5. The van der Waals surface area contributed by atoms with Crippen molar-refractivity contribution in [2.24, 2.45) is 0 Å². The van der Waals surface area contributed by atoms with Gasteiger partial charge in [0.15, 0.2) is 0 Å². The number of sulfonamides is 1. The van der Waals surface area contributed by atoms with Gasteiger partial charge in [-0.3, -0.25) is 4.72 Å². The number of benzene rings is 1. The molecule has 2 heterocycles. The first kappa shape index (κ1) is 29.6. The topological polar surface area (TPSA) is 101 Å². The highest BCUT2D eigenvalue weighted by molar-refractivity contribution is 7.92. The van der Waals surface area contributed by atoms with Gasteiger partial charge in [0.1, 0.15) is 5.82 Å². The number of halogens is 3. The van der Waals surface area contributed by atoms with Gasteiger partial charge in [0.05, 0.1) is 22.7 Å². The Morgan fingerprint density at radius 2 is 1.68 bits per heavy atom. The van der Waals surface area contributed by atoms with Gasteiger partial charge in [-0.2, -0.15) is 13.2 Å². The normalized spacial score (nSPS) is 14.4. The van der Waals surface area contributed by atoms with Crippen molar-refractivity contribution in [1.82, 2.24) is 15.1 Å². The summed E-state index contributed by atoms with van der Waals surface area (Å²) in [5.41, 5.74) is 5.35. The molecule has 3 rings (SSSR count). The maximum Gasteiger partial charge on any atom is 0.416 e. The molecule has 1 saturated heterocycles. The van der Waals surface area contributed by atoms with Crippen LogP contribution in [0.5, 0.6) is 0 Å². The molecule has 1 aliphatic rings. The average molecular weight is 504 g/mol. The lowest BCUT2D eigenvalue weighted by atomic mass is 10.0. The molecule has 192 valence electrons. The fraction of sp³-hybridized carbons (Fsp3) is 0.565. The Balaban J connectivity index is 0.000000483. The molecule has 1 aromatic heterocycles. The molecule has 0 radical (unpaired) electrons. The molecule has 11 heteroatoms. The highest BCUT2D eigenvalue weighted by Crippen LogP contribution is 2.36. The second kappa shape index (κ2) is 13.5. The van der Waals surface area contributed by atoms with Crippen LogP contribution in [0.3, 0.4) is 0 Å². The van der Waals surface area contributed by atoms with E-state index in [1.807, 2.05) is 13.8 Å². The third-order valence-corrected chi connectivity index (χ3v) is 6.48. The Hall–Kier alpha value is -2.40. The standard InChI is InChI=1S/C14H15F3N4O2S.C7H15N.C2H6/c1-3-24(22,23)21-12-7-9(14(15,16)17)4-5-10(12)11-6-8(2)13(18)20-19-11;1-2-8-6-4-3-5-7-8;1-2/h4-7,21H,3H2,1-2H3,(H2,18,20);2-7H2,1H3;1-2H3. The van der Waals surface area contributed by atoms with E-state index in [1.54, 1.807) is 6.92 Å². The summed E-state index contributed by atoms with van der Waals surface area (Å²) in [5.74, 6) is -0.101. The second-order valence-electron chi connectivity index (χ2n) is 7.56. The highest BCUT2D eigenvalue weighted by Gasteiger charge is 2.31. The van der Waals surface area contributed by atoms with Gasteiger partial charge in [0.2, 0.25) is 10.0 Å². The third-order valence-electron chi connectivity index (χ3n) is 5.19. The molecule has 0 atom stereocenters. The van der Waals surface area contributed by atoms with Crippen LogP contribution in [0.15, 0.2) is 24.3 Å². The largest absolute Gasteiger partial charge is 0.416 e. The van der Waals surface area contributed by atoms with Gasteiger partial charge >= 0.3 is 6.18 Å². The molecular formula is C23H36F3N5O2S. The smallest absolute Gasteiger partial charge is 0.382 e. The monoisotopic (exact) mass is 503 g/mol. The molecule has 3 N–H and O–H groups in total. The predicted molar refractivity (Wildman–Crippen MR) is 132 cm³/mol. The summed E-state index contributed by atoms with van der Waals surface area (Å²) in [6, 6.07) is 4.26. The zero-order chi connectivity index (χ0) is 25.9. The van der Waals surface area contributed by atoms with Gasteiger partial charge in [0.25, 0.3) is 0 Å². The fourth-order valence-electron chi connectivity index (χ4n) is 3.17. The molecule has 0 spiro atoms. The van der Waals surface area contributed by atoms with E-state index in [4.69, 9.17) is 5.73 Å². The average Bonchev–Trinajstić information content (AvgIpc) is 2.82. The van der Waals surface area contributed by atoms with Crippen LogP contribution in [0, 0.1) is 6.92 Å². The zero-order valence-corrected chi connectivity index (χ0v) is 21.4. The number of piperidine rings is 1. The van der Waals surface area contributed by atoms with Gasteiger partial charge in [-0.1, -0.05) is 33.3 Å². The van der Waals surface area contributed by atoms with E-state index in [-0.39, 0.29) is 28.5 Å². The first-order valence-electron chi connectivity index (χ1n) is 11.5. The number of nitrogens with one attached hydrogen (secondary N) is 1. The fourth-order valence-corrected chi connectivity index (χ4v) is 3.82. The second-order valence-corrected chi connectivity index (χ2v) is 9.57. The number of alkyl halides is 3. The number of anilines is 2. The predicted octanol–water partition coefficient (Wildman–Crippen LogP) is 5.33. The molecular weight excluding hydrogens is 467 g/mol. The minimum absolute atomic E-state index is 0.177. The molecule has 0 unspecified atom stereocenters. The summed E-state index contributed by atoms with van der Waals surface area (Å²) < 4.78 is 64.5. The van der Waals surface area contributed by atoms with Crippen molar-refractivity contribution in [2.45, 2.75) is 60.1 Å². The van der Waals surface area contributed by atoms with E-state index in [0.29, 0.717) is 5.56 Å². The minimum Gasteiger partial charge on any atom is -0.382 e. The van der Waals surface area contributed by atoms with Gasteiger partial charge in [-0.15, -0.1) is 10.2 Å². The summed E-state index contributed by atoms with van der Waals surface area (Å²) in [4.78, 5) is 2.52. The molecule has 0 saturated carbocycles. The lowest BCUT2D eigenvalue weighted by Crippen LogP contribution is -2.29. The van der Waals surface area contributed by atoms with E-state index in [0.717, 1.165) is 18.2 Å². The summed E-state index contributed by atoms with van der Waals surface area (Å²) in [6.45, 7) is 13.2. The van der Waals surface area contributed by atoms with Crippen LogP contribution < -0.4 is 10.5 Å². The SMILES string of the molecule is CC.CCN1CCCCC1.CCS(=O)(=O)Nc1cc(C(F)(F)F)ccc1-c1cc(C)c(N)nn1. The summed E-state index contributed by atoms with van der Waals surface area (Å²) in [7, 11) is -3.77. The van der Waals surface area contributed by atoms with Gasteiger partial charge in [-0.25, -0.2) is 8.42 Å². The third kappa shape index (κ3) is 9.09. The maximum absolute atomic E-state index is 12.9. The van der Waals surface area contributed by atoms with E-state index in [2.05, 4.69) is 26.7 Å². The van der Waals surface area contributed by atoms with Crippen LogP contribution in [0.4, 0.5) is 24.7 Å². The summed E-state index contributed by atoms with van der Waals surface area (Å²) >= 11 is 0. The number of nitrogens with two attached hydrogens (primary N) is 1. The number of aryl methyl sites for hydroxylation is 1. The number of hydrogen-bond acceptors (Lipinski definition) is 6. The first-order valence-corrected chi connectivity index (χ1v) is 13.2. The Morgan fingerprint density at radius 3 is 2.15 bits per heavy atom. The van der Waals surface area contributed by atoms with Crippen LogP contribution in [0.1, 0.15) is 58.1 Å². The van der Waals surface area contributed by atoms with E-state index in [1.165, 1.54) is 51.9 Å². The van der Waals surface area contributed by atoms with Gasteiger partial charge in [0, 0.05) is 5.56 Å². The molecule has 34 heavy (non-hydrogen) atoms. The van der Waals surface area contributed by atoms with Crippen molar-refractivity contribution in [3.63, 3.8) is 0 Å². The molecule has 1 aromatic carbocycles. The Kier molecular flexibility index (Phi) is 11.7. The molecule has 7 nitrogen and oxygen atoms in total. The lowest BCUT2D eigenvalue weighted by Gasteiger charge is -2.24. The van der Waals surface area contributed by atoms with Gasteiger partial charge in [-0.05, 0) is 70.1 Å².